The highest BCUT2D eigenvalue weighted by Gasteiger charge is 2.31. The van der Waals surface area contributed by atoms with Crippen LogP contribution in [0.15, 0.2) is 52.1 Å². The fraction of sp³-hybridized carbons (Fsp3) is 0.217. The summed E-state index contributed by atoms with van der Waals surface area (Å²) >= 11 is 0. The molecule has 5 rings (SSSR count). The van der Waals surface area contributed by atoms with Crippen molar-refractivity contribution in [1.29, 1.82) is 0 Å². The topological polar surface area (TPSA) is 121 Å². The molecule has 9 heteroatoms. The molecule has 0 saturated heterocycles. The lowest BCUT2D eigenvalue weighted by atomic mass is 9.95. The molecule has 0 unspecified atom stereocenters. The lowest BCUT2D eigenvalue weighted by Gasteiger charge is -2.25. The number of benzene rings is 2. The number of aromatic nitrogens is 3. The molecule has 0 saturated carbocycles. The summed E-state index contributed by atoms with van der Waals surface area (Å²) in [7, 11) is 3.13. The molecule has 2 aromatic heterocycles. The van der Waals surface area contributed by atoms with Crippen LogP contribution in [0.2, 0.25) is 0 Å². The van der Waals surface area contributed by atoms with Crippen LogP contribution in [0.4, 0.5) is 0 Å². The van der Waals surface area contributed by atoms with Crippen LogP contribution < -0.4 is 26.0 Å². The number of nitrogens with zero attached hydrogens (tertiary/aromatic N) is 1. The Hall–Kier alpha value is -3.98. The Bertz CT molecular complexity index is 1450. The Kier molecular flexibility index (Phi) is 4.75. The summed E-state index contributed by atoms with van der Waals surface area (Å²) in [6, 6.07) is 11.8. The highest BCUT2D eigenvalue weighted by Crippen LogP contribution is 2.36. The first-order valence-corrected chi connectivity index (χ1v) is 10.2. The van der Waals surface area contributed by atoms with E-state index < -0.39 is 23.2 Å². The highest BCUT2D eigenvalue weighted by molar-refractivity contribution is 5.86. The van der Waals surface area contributed by atoms with Crippen molar-refractivity contribution in [3.8, 4) is 23.1 Å². The van der Waals surface area contributed by atoms with Crippen LogP contribution in [0.1, 0.15) is 22.9 Å². The smallest absolute Gasteiger partial charge is 0.335 e. The van der Waals surface area contributed by atoms with Crippen LogP contribution >= 0.6 is 0 Å². The minimum absolute atomic E-state index is 0.0619. The molecule has 3 heterocycles. The zero-order chi connectivity index (χ0) is 22.4. The molecular formula is C23H22N4O5. The van der Waals surface area contributed by atoms with Crippen LogP contribution in [0, 0.1) is 0 Å². The van der Waals surface area contributed by atoms with E-state index in [-0.39, 0.29) is 5.56 Å². The van der Waals surface area contributed by atoms with Crippen molar-refractivity contribution in [2.75, 3.05) is 20.8 Å². The van der Waals surface area contributed by atoms with E-state index in [2.05, 4.69) is 15.3 Å². The van der Waals surface area contributed by atoms with Crippen molar-refractivity contribution in [1.82, 2.24) is 19.9 Å². The van der Waals surface area contributed by atoms with E-state index in [1.54, 1.807) is 31.4 Å². The Morgan fingerprint density at radius 2 is 1.81 bits per heavy atom. The fourth-order valence-electron chi connectivity index (χ4n) is 4.37. The maximum atomic E-state index is 12.9. The van der Waals surface area contributed by atoms with Crippen LogP contribution in [0.25, 0.3) is 16.6 Å². The highest BCUT2D eigenvalue weighted by atomic mass is 16.5. The number of aromatic hydroxyl groups is 1. The molecule has 0 spiro atoms. The summed E-state index contributed by atoms with van der Waals surface area (Å²) in [6.45, 7) is 0.596. The normalized spacial score (nSPS) is 15.5. The minimum Gasteiger partial charge on any atom is -0.497 e. The van der Waals surface area contributed by atoms with E-state index in [1.807, 2.05) is 18.2 Å². The molecule has 1 aliphatic heterocycles. The number of H-pyrrole nitrogens is 2. The van der Waals surface area contributed by atoms with Gasteiger partial charge in [-0.3, -0.25) is 9.78 Å². The minimum atomic E-state index is -0.734. The second kappa shape index (κ2) is 7.61. The Morgan fingerprint density at radius 3 is 2.59 bits per heavy atom. The molecule has 32 heavy (non-hydrogen) atoms. The summed E-state index contributed by atoms with van der Waals surface area (Å²) in [4.78, 5) is 31.2. The van der Waals surface area contributed by atoms with Crippen LogP contribution in [-0.2, 0) is 6.42 Å². The third kappa shape index (κ3) is 3.05. The zero-order valence-electron chi connectivity index (χ0n) is 17.6. The predicted molar refractivity (Wildman–Crippen MR) is 119 cm³/mol. The molecule has 0 bridgehead atoms. The molecule has 164 valence electrons. The van der Waals surface area contributed by atoms with Crippen molar-refractivity contribution in [3.05, 3.63) is 80.1 Å². The zero-order valence-corrected chi connectivity index (χ0v) is 17.6. The van der Waals surface area contributed by atoms with Crippen LogP contribution in [-0.4, -0.2) is 40.4 Å². The first kappa shape index (κ1) is 20.0. The standard InChI is InChI=1S/C23H22N4O5/c1-31-13-5-3-4-12(10-13)27-22(29)18(21(28)26-23(27)30)20-19-15(8-9-24-20)16-11-14(32-2)6-7-17(16)25-19/h3-7,10-11,20,24-25,29H,8-9H2,1-2H3,(H,26,28,30)/t20-/m1/s1. The molecule has 0 fully saturated rings. The van der Waals surface area contributed by atoms with Gasteiger partial charge in [-0.15, -0.1) is 0 Å². The second-order valence-corrected chi connectivity index (χ2v) is 7.60. The number of ether oxygens (including phenoxy) is 2. The molecule has 0 amide bonds. The Balaban J connectivity index is 1.71. The average Bonchev–Trinajstić information content (AvgIpc) is 3.17. The van der Waals surface area contributed by atoms with Crippen LogP contribution in [0.3, 0.4) is 0 Å². The largest absolute Gasteiger partial charge is 0.497 e. The van der Waals surface area contributed by atoms with Gasteiger partial charge < -0.3 is 24.9 Å². The van der Waals surface area contributed by atoms with Crippen LogP contribution in [0.5, 0.6) is 17.4 Å². The maximum Gasteiger partial charge on any atom is 0.335 e. The molecule has 0 aliphatic carbocycles. The van der Waals surface area contributed by atoms with E-state index in [4.69, 9.17) is 9.47 Å². The van der Waals surface area contributed by atoms with E-state index in [9.17, 15) is 14.7 Å². The van der Waals surface area contributed by atoms with Crippen molar-refractivity contribution in [2.24, 2.45) is 0 Å². The summed E-state index contributed by atoms with van der Waals surface area (Å²) in [6.07, 6.45) is 0.743. The van der Waals surface area contributed by atoms with Crippen molar-refractivity contribution in [3.63, 3.8) is 0 Å². The fourth-order valence-corrected chi connectivity index (χ4v) is 4.37. The van der Waals surface area contributed by atoms with Gasteiger partial charge in [-0.2, -0.15) is 0 Å². The Labute approximate surface area is 182 Å². The van der Waals surface area contributed by atoms with Gasteiger partial charge in [0.15, 0.2) is 0 Å². The van der Waals surface area contributed by atoms with E-state index in [0.29, 0.717) is 18.0 Å². The van der Waals surface area contributed by atoms with Crippen molar-refractivity contribution < 1.29 is 14.6 Å². The summed E-state index contributed by atoms with van der Waals surface area (Å²) in [5.41, 5.74) is 1.78. The van der Waals surface area contributed by atoms with Gasteiger partial charge in [0.1, 0.15) is 17.1 Å². The third-order valence-corrected chi connectivity index (χ3v) is 5.88. The van der Waals surface area contributed by atoms with Gasteiger partial charge in [0.05, 0.1) is 25.9 Å². The van der Waals surface area contributed by atoms with Crippen molar-refractivity contribution in [2.45, 2.75) is 12.5 Å². The summed E-state index contributed by atoms with van der Waals surface area (Å²) in [5, 5.41) is 15.4. The first-order valence-electron chi connectivity index (χ1n) is 10.2. The number of rotatable bonds is 4. The van der Waals surface area contributed by atoms with Gasteiger partial charge in [-0.1, -0.05) is 6.07 Å². The van der Waals surface area contributed by atoms with Gasteiger partial charge in [-0.25, -0.2) is 9.36 Å². The van der Waals surface area contributed by atoms with Gasteiger partial charge in [0.2, 0.25) is 5.88 Å². The van der Waals surface area contributed by atoms with Gasteiger partial charge in [-0.05, 0) is 42.3 Å². The Morgan fingerprint density at radius 1 is 1.03 bits per heavy atom. The number of nitrogens with one attached hydrogen (secondary N) is 3. The number of hydrogen-bond acceptors (Lipinski definition) is 6. The third-order valence-electron chi connectivity index (χ3n) is 5.88. The summed E-state index contributed by atoms with van der Waals surface area (Å²) in [5.74, 6) is 0.833. The molecule has 9 nitrogen and oxygen atoms in total. The lowest BCUT2D eigenvalue weighted by molar-refractivity contribution is 0.406. The van der Waals surface area contributed by atoms with E-state index in [0.717, 1.165) is 38.9 Å². The molecule has 1 atom stereocenters. The average molecular weight is 434 g/mol. The predicted octanol–water partition coefficient (Wildman–Crippen LogP) is 1.96. The quantitative estimate of drug-likeness (QED) is 0.390. The van der Waals surface area contributed by atoms with Gasteiger partial charge in [0.25, 0.3) is 5.56 Å². The first-order chi connectivity index (χ1) is 15.5. The molecule has 2 aromatic carbocycles. The molecule has 4 aromatic rings. The van der Waals surface area contributed by atoms with E-state index >= 15 is 0 Å². The number of methoxy groups -OCH3 is 2. The number of aromatic amines is 2. The molecule has 0 radical (unpaired) electrons. The van der Waals surface area contributed by atoms with Gasteiger partial charge >= 0.3 is 5.69 Å². The lowest BCUT2D eigenvalue weighted by Crippen LogP contribution is -2.38. The molecular weight excluding hydrogens is 412 g/mol. The monoisotopic (exact) mass is 434 g/mol. The van der Waals surface area contributed by atoms with E-state index in [1.165, 1.54) is 7.11 Å². The van der Waals surface area contributed by atoms with Crippen molar-refractivity contribution >= 4 is 10.9 Å². The number of hydrogen-bond donors (Lipinski definition) is 4. The number of fused-ring (bicyclic) bond motifs is 3. The maximum absolute atomic E-state index is 12.9. The SMILES string of the molecule is COc1cccc(-n2c(O)c([C@H]3NCCc4c3[nH]c3ccc(OC)cc43)c(=O)[nH]c2=O)c1. The molecule has 4 N–H and O–H groups in total. The summed E-state index contributed by atoms with van der Waals surface area (Å²) < 4.78 is 11.7. The molecule has 1 aliphatic rings. The van der Waals surface area contributed by atoms with Gasteiger partial charge in [0, 0.05) is 29.2 Å². The second-order valence-electron chi connectivity index (χ2n) is 7.60.